The zero-order valence-corrected chi connectivity index (χ0v) is 19.8. The van der Waals surface area contributed by atoms with E-state index >= 15 is 0 Å². The Morgan fingerprint density at radius 2 is 1.69 bits per heavy atom. The van der Waals surface area contributed by atoms with Gasteiger partial charge in [0.15, 0.2) is 5.11 Å². The Kier molecular flexibility index (Phi) is 5.68. The van der Waals surface area contributed by atoms with Crippen molar-refractivity contribution in [2.24, 2.45) is 0 Å². The summed E-state index contributed by atoms with van der Waals surface area (Å²) in [5, 5.41) is 4.19. The maximum absolute atomic E-state index is 5.83. The quantitative estimate of drug-likeness (QED) is 0.346. The molecule has 1 fully saturated rings. The SMILES string of the molecule is COc1ccc(-n2cccc2[C@H]2[C@@H](c3ccccn3)NC(=S)N2c2ccc(Br)cc2)cc1. The van der Waals surface area contributed by atoms with Crippen molar-refractivity contribution in [2.75, 3.05) is 12.0 Å². The summed E-state index contributed by atoms with van der Waals surface area (Å²) in [4.78, 5) is 6.82. The molecule has 160 valence electrons. The van der Waals surface area contributed by atoms with Gasteiger partial charge in [-0.25, -0.2) is 0 Å². The molecular formula is C25H21BrN4OS. The molecule has 4 aromatic rings. The molecule has 1 saturated heterocycles. The molecule has 2 aromatic carbocycles. The maximum Gasteiger partial charge on any atom is 0.174 e. The highest BCUT2D eigenvalue weighted by atomic mass is 79.9. The lowest BCUT2D eigenvalue weighted by Gasteiger charge is -2.29. The highest BCUT2D eigenvalue weighted by Crippen LogP contribution is 2.42. The zero-order valence-electron chi connectivity index (χ0n) is 17.4. The Balaban J connectivity index is 1.64. The lowest BCUT2D eigenvalue weighted by Crippen LogP contribution is -2.30. The fourth-order valence-electron chi connectivity index (χ4n) is 4.15. The first-order valence-corrected chi connectivity index (χ1v) is 11.4. The van der Waals surface area contributed by atoms with Crippen molar-refractivity contribution >= 4 is 38.9 Å². The average Bonchev–Trinajstić information content (AvgIpc) is 3.44. The molecule has 32 heavy (non-hydrogen) atoms. The number of nitrogens with zero attached hydrogens (tertiary/aromatic N) is 3. The van der Waals surface area contributed by atoms with Gasteiger partial charge >= 0.3 is 0 Å². The Bertz CT molecular complexity index is 1230. The summed E-state index contributed by atoms with van der Waals surface area (Å²) >= 11 is 9.36. The van der Waals surface area contributed by atoms with Crippen molar-refractivity contribution in [2.45, 2.75) is 12.1 Å². The molecule has 0 bridgehead atoms. The summed E-state index contributed by atoms with van der Waals surface area (Å²) in [5.74, 6) is 0.828. The standard InChI is InChI=1S/C25H21BrN4OS/c1-31-20-13-11-18(12-14-20)29-16-4-6-22(29)24-23(21-5-2-3-15-27-21)28-25(32)30(24)19-9-7-17(26)8-10-19/h2-16,23-24H,1H3,(H,28,32)/t23-,24+/m1/s1. The summed E-state index contributed by atoms with van der Waals surface area (Å²) in [6.45, 7) is 0. The highest BCUT2D eigenvalue weighted by molar-refractivity contribution is 9.10. The van der Waals surface area contributed by atoms with Gasteiger partial charge in [-0.1, -0.05) is 22.0 Å². The molecule has 0 saturated carbocycles. The zero-order chi connectivity index (χ0) is 22.1. The predicted molar refractivity (Wildman–Crippen MR) is 134 cm³/mol. The van der Waals surface area contributed by atoms with E-state index in [4.69, 9.17) is 17.0 Å². The first-order valence-electron chi connectivity index (χ1n) is 10.2. The summed E-state index contributed by atoms with van der Waals surface area (Å²) in [6, 6.07) is 26.3. The number of hydrogen-bond donors (Lipinski definition) is 1. The van der Waals surface area contributed by atoms with Gasteiger partial charge in [0.05, 0.1) is 18.8 Å². The van der Waals surface area contributed by atoms with Crippen molar-refractivity contribution in [3.63, 3.8) is 0 Å². The molecule has 1 aliphatic heterocycles. The van der Waals surface area contributed by atoms with Gasteiger partial charge in [0.2, 0.25) is 0 Å². The predicted octanol–water partition coefficient (Wildman–Crippen LogP) is 5.82. The van der Waals surface area contributed by atoms with Crippen molar-refractivity contribution < 1.29 is 4.74 Å². The Labute approximate surface area is 200 Å². The normalized spacial score (nSPS) is 17.9. The van der Waals surface area contributed by atoms with E-state index in [0.717, 1.165) is 33.0 Å². The lowest BCUT2D eigenvalue weighted by molar-refractivity contribution is 0.414. The van der Waals surface area contributed by atoms with Crippen molar-refractivity contribution in [3.05, 3.63) is 107 Å². The van der Waals surface area contributed by atoms with E-state index in [1.54, 1.807) is 7.11 Å². The van der Waals surface area contributed by atoms with Gasteiger partial charge in [0, 0.05) is 33.9 Å². The van der Waals surface area contributed by atoms with E-state index in [1.165, 1.54) is 0 Å². The van der Waals surface area contributed by atoms with Crippen LogP contribution in [0.5, 0.6) is 5.75 Å². The molecule has 1 N–H and O–H groups in total. The van der Waals surface area contributed by atoms with Crippen LogP contribution in [0.4, 0.5) is 5.69 Å². The summed E-state index contributed by atoms with van der Waals surface area (Å²) in [7, 11) is 1.68. The summed E-state index contributed by atoms with van der Waals surface area (Å²) in [5.41, 5.74) is 4.14. The Hall–Kier alpha value is -3.16. The van der Waals surface area contributed by atoms with Gasteiger partial charge in [-0.15, -0.1) is 0 Å². The summed E-state index contributed by atoms with van der Waals surface area (Å²) < 4.78 is 8.56. The molecule has 5 rings (SSSR count). The number of aromatic nitrogens is 2. The monoisotopic (exact) mass is 504 g/mol. The third-order valence-corrected chi connectivity index (χ3v) is 6.48. The van der Waals surface area contributed by atoms with E-state index < -0.39 is 0 Å². The molecule has 2 aromatic heterocycles. The van der Waals surface area contributed by atoms with Crippen molar-refractivity contribution in [1.82, 2.24) is 14.9 Å². The van der Waals surface area contributed by atoms with Crippen molar-refractivity contribution in [1.29, 1.82) is 0 Å². The molecule has 0 aliphatic carbocycles. The average molecular weight is 505 g/mol. The molecule has 0 radical (unpaired) electrons. The molecule has 5 nitrogen and oxygen atoms in total. The van der Waals surface area contributed by atoms with Crippen LogP contribution in [0.25, 0.3) is 5.69 Å². The third kappa shape index (κ3) is 3.78. The topological polar surface area (TPSA) is 42.3 Å². The molecule has 0 unspecified atom stereocenters. The minimum atomic E-state index is -0.0979. The van der Waals surface area contributed by atoms with E-state index in [2.05, 4.69) is 78.3 Å². The highest BCUT2D eigenvalue weighted by Gasteiger charge is 2.42. The van der Waals surface area contributed by atoms with Gasteiger partial charge in [-0.05, 0) is 85.0 Å². The molecule has 0 amide bonds. The number of benzene rings is 2. The number of anilines is 1. The van der Waals surface area contributed by atoms with Crippen LogP contribution in [0, 0.1) is 0 Å². The van der Waals surface area contributed by atoms with Crippen LogP contribution < -0.4 is 15.0 Å². The van der Waals surface area contributed by atoms with Crippen LogP contribution in [0.2, 0.25) is 0 Å². The van der Waals surface area contributed by atoms with E-state index in [0.29, 0.717) is 5.11 Å². The molecule has 7 heteroatoms. The van der Waals surface area contributed by atoms with Crippen LogP contribution in [-0.4, -0.2) is 21.8 Å². The molecule has 1 aliphatic rings. The molecule has 3 heterocycles. The van der Waals surface area contributed by atoms with Crippen LogP contribution >= 0.6 is 28.1 Å². The minimum absolute atomic E-state index is 0.0873. The van der Waals surface area contributed by atoms with Gasteiger partial charge in [-0.2, -0.15) is 0 Å². The summed E-state index contributed by atoms with van der Waals surface area (Å²) in [6.07, 6.45) is 3.90. The smallest absolute Gasteiger partial charge is 0.174 e. The fraction of sp³-hybridized carbons (Fsp3) is 0.120. The Morgan fingerprint density at radius 1 is 0.938 bits per heavy atom. The van der Waals surface area contributed by atoms with Gasteiger partial charge in [0.1, 0.15) is 11.8 Å². The van der Waals surface area contributed by atoms with E-state index in [9.17, 15) is 0 Å². The van der Waals surface area contributed by atoms with Crippen molar-refractivity contribution in [3.8, 4) is 11.4 Å². The second kappa shape index (κ2) is 8.76. The maximum atomic E-state index is 5.83. The second-order valence-corrected chi connectivity index (χ2v) is 8.78. The Morgan fingerprint density at radius 3 is 2.38 bits per heavy atom. The number of rotatable bonds is 5. The lowest BCUT2D eigenvalue weighted by atomic mass is 10.0. The number of thiocarbonyl (C=S) groups is 1. The first kappa shape index (κ1) is 20.7. The second-order valence-electron chi connectivity index (χ2n) is 7.47. The fourth-order valence-corrected chi connectivity index (χ4v) is 4.76. The van der Waals surface area contributed by atoms with Gasteiger partial charge < -0.3 is 19.5 Å². The van der Waals surface area contributed by atoms with Gasteiger partial charge in [-0.3, -0.25) is 4.98 Å². The molecular weight excluding hydrogens is 484 g/mol. The number of hydrogen-bond acceptors (Lipinski definition) is 3. The molecule has 2 atom stereocenters. The minimum Gasteiger partial charge on any atom is -0.497 e. The van der Waals surface area contributed by atoms with E-state index in [-0.39, 0.29) is 12.1 Å². The largest absolute Gasteiger partial charge is 0.497 e. The molecule has 0 spiro atoms. The number of ether oxygens (including phenoxy) is 1. The van der Waals surface area contributed by atoms with Crippen LogP contribution in [-0.2, 0) is 0 Å². The van der Waals surface area contributed by atoms with E-state index in [1.807, 2.05) is 48.7 Å². The number of methoxy groups -OCH3 is 1. The number of halogens is 1. The third-order valence-electron chi connectivity index (χ3n) is 5.64. The van der Waals surface area contributed by atoms with Crippen LogP contribution in [0.3, 0.4) is 0 Å². The first-order chi connectivity index (χ1) is 15.7. The van der Waals surface area contributed by atoms with Crippen LogP contribution in [0.15, 0.2) is 95.7 Å². The number of pyridine rings is 1. The number of nitrogens with one attached hydrogen (secondary N) is 1. The van der Waals surface area contributed by atoms with Crippen LogP contribution in [0.1, 0.15) is 23.5 Å². The van der Waals surface area contributed by atoms with Gasteiger partial charge in [0.25, 0.3) is 0 Å².